The van der Waals surface area contributed by atoms with E-state index in [1.807, 2.05) is 72.8 Å². The predicted molar refractivity (Wildman–Crippen MR) is 137 cm³/mol. The van der Waals surface area contributed by atoms with E-state index in [4.69, 9.17) is 4.98 Å². The lowest BCUT2D eigenvalue weighted by molar-refractivity contribution is 0.0790. The largest absolute Gasteiger partial charge is 0.345 e. The Labute approximate surface area is 203 Å². The Bertz CT molecular complexity index is 1460. The number of hydrogen-bond donors (Lipinski definition) is 1. The minimum atomic E-state index is -0.167. The molecule has 0 spiro atoms. The van der Waals surface area contributed by atoms with E-state index in [0.717, 1.165) is 42.1 Å². The van der Waals surface area contributed by atoms with Crippen molar-refractivity contribution in [2.45, 2.75) is 12.6 Å². The Morgan fingerprint density at radius 3 is 2.14 bits per heavy atom. The lowest BCUT2D eigenvalue weighted by atomic mass is 10.1. The highest BCUT2D eigenvalue weighted by molar-refractivity contribution is 5.94. The van der Waals surface area contributed by atoms with Crippen molar-refractivity contribution in [3.05, 3.63) is 114 Å². The van der Waals surface area contributed by atoms with Gasteiger partial charge in [0.2, 0.25) is 0 Å². The minimum Gasteiger partial charge on any atom is -0.345 e. The van der Waals surface area contributed by atoms with Crippen LogP contribution in [0.3, 0.4) is 0 Å². The topological polar surface area (TPSA) is 62.5 Å². The second kappa shape index (κ2) is 9.16. The van der Waals surface area contributed by atoms with Gasteiger partial charge >= 0.3 is 0 Å². The van der Waals surface area contributed by atoms with Crippen LogP contribution < -0.4 is 5.32 Å². The second-order valence-electron chi connectivity index (χ2n) is 8.91. The highest BCUT2D eigenvalue weighted by Crippen LogP contribution is 2.26. The van der Waals surface area contributed by atoms with Crippen molar-refractivity contribution in [2.24, 2.45) is 0 Å². The fourth-order valence-electron chi connectivity index (χ4n) is 4.55. The number of fused-ring (bicyclic) bond motifs is 1. The molecule has 0 unspecified atom stereocenters. The van der Waals surface area contributed by atoms with E-state index in [2.05, 4.69) is 39.6 Å². The molecule has 3 heterocycles. The first-order valence-corrected chi connectivity index (χ1v) is 11.8. The normalized spacial score (nSPS) is 14.1. The van der Waals surface area contributed by atoms with Crippen LogP contribution in [-0.4, -0.2) is 44.5 Å². The number of carbonyl (C=O) groups excluding carboxylic acids is 1. The smallest absolute Gasteiger partial charge is 0.272 e. The number of nitrogens with zero attached hydrogens (tertiary/aromatic N) is 4. The molecule has 172 valence electrons. The average molecular weight is 460 g/mol. The van der Waals surface area contributed by atoms with Gasteiger partial charge in [0.25, 0.3) is 5.91 Å². The third-order valence-corrected chi connectivity index (χ3v) is 6.34. The number of hydrogen-bond acceptors (Lipinski definition) is 4. The Kier molecular flexibility index (Phi) is 5.56. The summed E-state index contributed by atoms with van der Waals surface area (Å²) in [4.78, 5) is 20.2. The summed E-state index contributed by atoms with van der Waals surface area (Å²) in [5.74, 6) is -0.167. The van der Waals surface area contributed by atoms with Crippen LogP contribution >= 0.6 is 0 Å². The van der Waals surface area contributed by atoms with Gasteiger partial charge in [-0.05, 0) is 11.6 Å². The van der Waals surface area contributed by atoms with E-state index in [1.54, 1.807) is 10.6 Å². The predicted octanol–water partition coefficient (Wildman–Crippen LogP) is 4.68. The first-order valence-electron chi connectivity index (χ1n) is 11.8. The summed E-state index contributed by atoms with van der Waals surface area (Å²) in [6.45, 7) is 2.56. The maximum absolute atomic E-state index is 13.1. The third-order valence-electron chi connectivity index (χ3n) is 6.34. The molecule has 6 nitrogen and oxygen atoms in total. The van der Waals surface area contributed by atoms with E-state index in [0.29, 0.717) is 11.3 Å². The van der Waals surface area contributed by atoms with Crippen LogP contribution in [0.4, 0.5) is 0 Å². The molecule has 35 heavy (non-hydrogen) atoms. The Hall–Kier alpha value is -4.29. The summed E-state index contributed by atoms with van der Waals surface area (Å²) in [6.07, 6.45) is 0. The number of carbonyl (C=O) groups is 1. The molecular weight excluding hydrogens is 434 g/mol. The number of rotatable bonds is 6. The van der Waals surface area contributed by atoms with Crippen LogP contribution in [0.25, 0.3) is 28.2 Å². The van der Waals surface area contributed by atoms with Crippen molar-refractivity contribution in [1.29, 1.82) is 0 Å². The van der Waals surface area contributed by atoms with Crippen LogP contribution in [0.2, 0.25) is 0 Å². The molecule has 1 fully saturated rings. The molecule has 3 aromatic carbocycles. The number of benzene rings is 3. The van der Waals surface area contributed by atoms with Crippen LogP contribution in [-0.2, 0) is 6.54 Å². The molecule has 1 aliphatic heterocycles. The summed E-state index contributed by atoms with van der Waals surface area (Å²) >= 11 is 0. The molecule has 0 saturated carbocycles. The molecule has 1 saturated heterocycles. The number of nitrogens with one attached hydrogen (secondary N) is 1. The van der Waals surface area contributed by atoms with E-state index < -0.39 is 0 Å². The molecule has 5 aromatic rings. The van der Waals surface area contributed by atoms with Crippen LogP contribution in [0.15, 0.2) is 103 Å². The highest BCUT2D eigenvalue weighted by Gasteiger charge is 2.29. The summed E-state index contributed by atoms with van der Waals surface area (Å²) in [5.41, 5.74) is 6.09. The first-order chi connectivity index (χ1) is 17.2. The molecule has 2 aromatic heterocycles. The molecule has 0 atom stereocenters. The summed E-state index contributed by atoms with van der Waals surface area (Å²) in [5, 5.41) is 7.78. The van der Waals surface area contributed by atoms with Crippen molar-refractivity contribution in [3.8, 4) is 22.5 Å². The molecule has 1 N–H and O–H groups in total. The van der Waals surface area contributed by atoms with E-state index in [1.165, 1.54) is 5.56 Å². The maximum atomic E-state index is 13.1. The number of aromatic nitrogens is 3. The molecule has 0 radical (unpaired) electrons. The van der Waals surface area contributed by atoms with Gasteiger partial charge in [0.1, 0.15) is 0 Å². The standard InChI is InChI=1S/C29H25N5O/c35-29(30-24-19-33(20-24)18-21-10-4-1-5-11-21)26-17-28-31-25(22-12-6-2-7-13-22)16-27(34(28)32-26)23-14-8-3-9-15-23/h1-17,24H,18-20H2,(H,30,35). The van der Waals surface area contributed by atoms with Gasteiger partial charge in [0, 0.05) is 36.8 Å². The number of likely N-dealkylation sites (tertiary alicyclic amines) is 1. The summed E-state index contributed by atoms with van der Waals surface area (Å²) in [6, 6.07) is 34.4. The van der Waals surface area contributed by atoms with Gasteiger partial charge in [-0.3, -0.25) is 9.69 Å². The van der Waals surface area contributed by atoms with Crippen molar-refractivity contribution in [2.75, 3.05) is 13.1 Å². The van der Waals surface area contributed by atoms with Gasteiger partial charge in [-0.15, -0.1) is 0 Å². The number of amides is 1. The molecule has 1 amide bonds. The van der Waals surface area contributed by atoms with Crippen LogP contribution in [0.5, 0.6) is 0 Å². The van der Waals surface area contributed by atoms with Crippen LogP contribution in [0, 0.1) is 0 Å². The van der Waals surface area contributed by atoms with Crippen LogP contribution in [0.1, 0.15) is 16.1 Å². The maximum Gasteiger partial charge on any atom is 0.272 e. The average Bonchev–Trinajstić information content (AvgIpc) is 3.33. The molecular formula is C29H25N5O. The summed E-state index contributed by atoms with van der Waals surface area (Å²) < 4.78 is 1.76. The Morgan fingerprint density at radius 2 is 1.46 bits per heavy atom. The fraction of sp³-hybridized carbons (Fsp3) is 0.138. The monoisotopic (exact) mass is 459 g/mol. The Balaban J connectivity index is 1.25. The lowest BCUT2D eigenvalue weighted by Crippen LogP contribution is -2.58. The van der Waals surface area contributed by atoms with Gasteiger partial charge in [0.15, 0.2) is 11.3 Å². The van der Waals surface area contributed by atoms with E-state index in [9.17, 15) is 4.79 Å². The zero-order chi connectivity index (χ0) is 23.6. The highest BCUT2D eigenvalue weighted by atomic mass is 16.2. The quantitative estimate of drug-likeness (QED) is 0.401. The fourth-order valence-corrected chi connectivity index (χ4v) is 4.55. The van der Waals surface area contributed by atoms with Gasteiger partial charge in [0.05, 0.1) is 17.4 Å². The zero-order valence-corrected chi connectivity index (χ0v) is 19.2. The minimum absolute atomic E-state index is 0.123. The SMILES string of the molecule is O=C(NC1CN(Cc2ccccc2)C1)c1cc2nc(-c3ccccc3)cc(-c3ccccc3)n2n1. The first kappa shape index (κ1) is 21.3. The van der Waals surface area contributed by atoms with Crippen molar-refractivity contribution >= 4 is 11.6 Å². The van der Waals surface area contributed by atoms with Crippen molar-refractivity contribution in [1.82, 2.24) is 24.8 Å². The molecule has 6 rings (SSSR count). The molecule has 0 bridgehead atoms. The molecule has 0 aliphatic carbocycles. The summed E-state index contributed by atoms with van der Waals surface area (Å²) in [7, 11) is 0. The molecule has 1 aliphatic rings. The lowest BCUT2D eigenvalue weighted by Gasteiger charge is -2.39. The van der Waals surface area contributed by atoms with E-state index >= 15 is 0 Å². The van der Waals surface area contributed by atoms with Gasteiger partial charge in [-0.1, -0.05) is 91.0 Å². The van der Waals surface area contributed by atoms with Gasteiger partial charge in [-0.2, -0.15) is 5.10 Å². The third kappa shape index (κ3) is 4.44. The second-order valence-corrected chi connectivity index (χ2v) is 8.91. The zero-order valence-electron chi connectivity index (χ0n) is 19.2. The van der Waals surface area contributed by atoms with Gasteiger partial charge < -0.3 is 5.32 Å². The van der Waals surface area contributed by atoms with E-state index in [-0.39, 0.29) is 11.9 Å². The molecule has 6 heteroatoms. The Morgan fingerprint density at radius 1 is 0.829 bits per heavy atom. The van der Waals surface area contributed by atoms with Gasteiger partial charge in [-0.25, -0.2) is 9.50 Å². The van der Waals surface area contributed by atoms with Crippen molar-refractivity contribution < 1.29 is 4.79 Å². The van der Waals surface area contributed by atoms with Crippen molar-refractivity contribution in [3.63, 3.8) is 0 Å².